The van der Waals surface area contributed by atoms with Crippen molar-refractivity contribution in [1.82, 2.24) is 0 Å². The number of aryl methyl sites for hydroxylation is 2. The number of carbonyl (C=O) groups is 3. The SMILES string of the molecule is CN(C)c1ccc(CC(=O)Cl)cc1.CN(C)c1ccc(CC(=O)c2ccc([N+](=O)[O-])cc2)cc1.Cc1ccc(/C=C/c2ccc(N(C)C)cc2)cc1.Cc1ccc(C(=O)Cc2ccc(N(C)C)cc2)cc1.F.O=[N+]([O-])c1ccc(B(O)O)cc1.[18FH].[Pd]. The summed E-state index contributed by atoms with van der Waals surface area (Å²) in [5.41, 5.74) is 13.8. The van der Waals surface area contributed by atoms with E-state index in [2.05, 4.69) is 86.6 Å². The number of hydrogen-bond donors (Lipinski definition) is 2. The van der Waals surface area contributed by atoms with Gasteiger partial charge in [0.05, 0.1) is 9.85 Å². The van der Waals surface area contributed by atoms with Crippen LogP contribution in [0.1, 0.15) is 59.7 Å². The van der Waals surface area contributed by atoms with Crippen LogP contribution < -0.4 is 25.1 Å². The molecular weight excluding hydrogens is 1210 g/mol. The Balaban J connectivity index is 0.000000540. The van der Waals surface area contributed by atoms with Gasteiger partial charge < -0.3 is 29.6 Å². The Morgan fingerprint density at radius 3 is 0.965 bits per heavy atom. The molecule has 0 saturated carbocycles. The first-order valence-electron chi connectivity index (χ1n) is 26.4. The van der Waals surface area contributed by atoms with Gasteiger partial charge in [0.25, 0.3) is 11.4 Å². The van der Waals surface area contributed by atoms with Crippen molar-refractivity contribution in [3.63, 3.8) is 0 Å². The number of rotatable bonds is 17. The first-order valence-corrected chi connectivity index (χ1v) is 26.7. The van der Waals surface area contributed by atoms with Crippen molar-refractivity contribution in [2.75, 3.05) is 76.0 Å². The summed E-state index contributed by atoms with van der Waals surface area (Å²) in [6, 6.07) is 59.2. The summed E-state index contributed by atoms with van der Waals surface area (Å²) in [7, 11) is 14.4. The minimum atomic E-state index is -1.58. The van der Waals surface area contributed by atoms with Gasteiger partial charge in [-0.2, -0.15) is 0 Å². The smallest absolute Gasteiger partial charge is 0.423 e. The molecule has 0 unspecified atom stereocenters. The summed E-state index contributed by atoms with van der Waals surface area (Å²) in [6.07, 6.45) is 5.33. The van der Waals surface area contributed by atoms with Crippen molar-refractivity contribution in [3.05, 3.63) is 264 Å². The van der Waals surface area contributed by atoms with Gasteiger partial charge in [0.1, 0.15) is 0 Å². The molecular formula is C66H74BClF2N6O9Pd. The van der Waals surface area contributed by atoms with Crippen molar-refractivity contribution in [2.45, 2.75) is 33.1 Å². The first-order chi connectivity index (χ1) is 39.4. The van der Waals surface area contributed by atoms with Crippen LogP contribution in [0.3, 0.4) is 0 Å². The second-order valence-corrected chi connectivity index (χ2v) is 20.5. The van der Waals surface area contributed by atoms with Gasteiger partial charge in [-0.3, -0.25) is 44.0 Å². The predicted octanol–water partition coefficient (Wildman–Crippen LogP) is 12.4. The Hall–Kier alpha value is -8.69. The fourth-order valence-corrected chi connectivity index (χ4v) is 7.66. The standard InChI is InChI=1S/C17H19NO.C17H19N.C16H16N2O3.C10H12ClNO.C6H6BNO4.2FH.Pd/c1-13-4-8-15(9-5-13)17(19)12-14-6-10-16(11-7-14)18(2)3;1-14-4-6-15(7-5-14)8-9-16-10-12-17(13-11-16)18(2)3;1-17(2)14-7-3-12(4-8-14)11-16(19)13-5-9-15(10-6-13)18(20)21;1-12(2)9-5-3-8(4-6-9)7-10(11)13;9-7(10)5-1-3-6(4-2-5)8(11)12;;;/h4-11H,12H2,1-3H3;4-13H,1-3H3;3-10H,11H2,1-2H3;3-6H,7H2,1-2H3;1-4,9-10H;2*1H;/b;9-8+;;;;;;/i;;;;;1-1;;. The molecule has 0 radical (unpaired) electrons. The summed E-state index contributed by atoms with van der Waals surface area (Å²) in [4.78, 5) is 62.7. The molecule has 8 rings (SSSR count). The number of benzene rings is 8. The second kappa shape index (κ2) is 38.3. The topological polar surface area (TPSA) is 191 Å². The van der Waals surface area contributed by atoms with E-state index >= 15 is 0 Å². The summed E-state index contributed by atoms with van der Waals surface area (Å²) in [5.74, 6) is 0.111. The first kappa shape index (κ1) is 75.3. The van der Waals surface area contributed by atoms with E-state index in [0.717, 1.165) is 39.3 Å². The van der Waals surface area contributed by atoms with E-state index in [1.165, 1.54) is 76.5 Å². The molecule has 8 aromatic rings. The Morgan fingerprint density at radius 2 is 0.686 bits per heavy atom. The van der Waals surface area contributed by atoms with Crippen LogP contribution in [-0.2, 0) is 44.5 Å². The second-order valence-electron chi connectivity index (χ2n) is 20.0. The average Bonchev–Trinajstić information content (AvgIpc) is 3.67. The van der Waals surface area contributed by atoms with Crippen LogP contribution in [0.2, 0.25) is 0 Å². The zero-order chi connectivity index (χ0) is 61.2. The monoisotopic (exact) mass is 1280 g/mol. The van der Waals surface area contributed by atoms with E-state index in [1.54, 1.807) is 0 Å². The minimum Gasteiger partial charge on any atom is -0.423 e. The number of halogens is 3. The maximum atomic E-state index is 12.1. The maximum absolute atomic E-state index is 12.1. The molecule has 0 spiro atoms. The van der Waals surface area contributed by atoms with E-state index < -0.39 is 17.0 Å². The minimum absolute atomic E-state index is 0. The van der Waals surface area contributed by atoms with Crippen molar-refractivity contribution in [2.24, 2.45) is 0 Å². The quantitative estimate of drug-likeness (QED) is 0.0219. The molecule has 2 N–H and O–H groups in total. The largest absolute Gasteiger partial charge is 0.488 e. The van der Waals surface area contributed by atoms with E-state index in [4.69, 9.17) is 21.6 Å². The molecule has 15 nitrogen and oxygen atoms in total. The van der Waals surface area contributed by atoms with Gasteiger partial charge in [-0.15, -0.1) is 0 Å². The Kier molecular flexibility index (Phi) is 33.5. The molecule has 0 saturated heterocycles. The van der Waals surface area contributed by atoms with Gasteiger partial charge in [-0.25, -0.2) is 0 Å². The van der Waals surface area contributed by atoms with Crippen molar-refractivity contribution in [1.29, 1.82) is 0 Å². The Labute approximate surface area is 522 Å². The van der Waals surface area contributed by atoms with E-state index in [1.807, 2.05) is 161 Å². The molecule has 0 aromatic heterocycles. The van der Waals surface area contributed by atoms with E-state index in [9.17, 15) is 34.6 Å². The van der Waals surface area contributed by atoms with Crippen LogP contribution in [0, 0.1) is 34.1 Å². The summed E-state index contributed by atoms with van der Waals surface area (Å²) in [6.45, 7) is 4.13. The van der Waals surface area contributed by atoms with Crippen molar-refractivity contribution < 1.29 is 64.1 Å². The Morgan fingerprint density at radius 1 is 0.430 bits per heavy atom. The molecule has 20 heteroatoms. The molecule has 0 amide bonds. The van der Waals surface area contributed by atoms with Crippen LogP contribution in [0.15, 0.2) is 194 Å². The third-order valence-corrected chi connectivity index (χ3v) is 12.7. The normalized spacial score (nSPS) is 9.83. The number of nitrogens with zero attached hydrogens (tertiary/aromatic N) is 6. The predicted molar refractivity (Wildman–Crippen MR) is 346 cm³/mol. The van der Waals surface area contributed by atoms with Gasteiger partial charge >= 0.3 is 7.12 Å². The molecule has 0 bridgehead atoms. The van der Waals surface area contributed by atoms with Crippen LogP contribution in [0.25, 0.3) is 12.2 Å². The summed E-state index contributed by atoms with van der Waals surface area (Å²) < 4.78 is 0. The zero-order valence-corrected chi connectivity index (χ0v) is 52.1. The summed E-state index contributed by atoms with van der Waals surface area (Å²) >= 11 is 5.27. The number of nitro groups is 2. The molecule has 0 aliphatic rings. The molecule has 456 valence electrons. The number of carbonyl (C=O) groups excluding carboxylic acids is 3. The van der Waals surface area contributed by atoms with Crippen molar-refractivity contribution in [3.8, 4) is 0 Å². The van der Waals surface area contributed by atoms with Crippen LogP contribution in [-0.4, -0.2) is 100 Å². The average molecular weight is 1290 g/mol. The Bertz CT molecular complexity index is 3360. The molecule has 0 fully saturated rings. The fraction of sp³-hybridized carbons (Fsp3) is 0.197. The molecule has 0 heterocycles. The van der Waals surface area contributed by atoms with Crippen LogP contribution in [0.5, 0.6) is 0 Å². The van der Waals surface area contributed by atoms with E-state index in [-0.39, 0.29) is 69.9 Å². The van der Waals surface area contributed by atoms with E-state index in [0.29, 0.717) is 18.4 Å². The van der Waals surface area contributed by atoms with Crippen molar-refractivity contribution >= 4 is 87.3 Å². The van der Waals surface area contributed by atoms with Gasteiger partial charge in [0, 0.05) is 154 Å². The number of nitro benzene ring substituents is 2. The third kappa shape index (κ3) is 26.9. The molecule has 8 aromatic carbocycles. The van der Waals surface area contributed by atoms with Gasteiger partial charge in [-0.1, -0.05) is 132 Å². The molecule has 0 aliphatic carbocycles. The fourth-order valence-electron chi connectivity index (χ4n) is 7.50. The van der Waals surface area contributed by atoms with Gasteiger partial charge in [0.2, 0.25) is 5.24 Å². The van der Waals surface area contributed by atoms with Gasteiger partial charge in [-0.05, 0) is 119 Å². The number of Topliss-reactive ketones (excluding diaryl/α,β-unsaturated/α-hetero) is 2. The molecule has 86 heavy (non-hydrogen) atoms. The molecule has 0 aliphatic heterocycles. The number of hydrogen-bond acceptors (Lipinski definition) is 13. The van der Waals surface area contributed by atoms with Crippen LogP contribution >= 0.6 is 11.6 Å². The van der Waals surface area contributed by atoms with Crippen LogP contribution in [0.4, 0.5) is 43.5 Å². The zero-order valence-electron chi connectivity index (χ0n) is 49.8. The number of non-ortho nitro benzene ring substituents is 2. The maximum Gasteiger partial charge on any atom is 0.488 e. The van der Waals surface area contributed by atoms with Gasteiger partial charge in [0.15, 0.2) is 11.6 Å². The number of ketones is 2. The molecule has 0 atom stereocenters. The number of anilines is 4. The summed E-state index contributed by atoms with van der Waals surface area (Å²) in [5, 5.41) is 37.7. The third-order valence-electron chi connectivity index (χ3n) is 12.6.